The molecule has 88 valence electrons. The number of halogens is 2. The van der Waals surface area contributed by atoms with E-state index in [1.165, 1.54) is 7.11 Å². The molecule has 0 amide bonds. The Bertz CT molecular complexity index is 520. The Morgan fingerprint density at radius 3 is 2.53 bits per heavy atom. The largest absolute Gasteiger partial charge is 0.467 e. The van der Waals surface area contributed by atoms with Crippen LogP contribution < -0.4 is 10.1 Å². The molecule has 1 aromatic carbocycles. The van der Waals surface area contributed by atoms with E-state index in [2.05, 4.69) is 42.9 Å². The van der Waals surface area contributed by atoms with E-state index in [-0.39, 0.29) is 11.3 Å². The molecule has 0 aliphatic rings. The fraction of sp³-hybridized carbons (Fsp3) is 0.100. The number of nitrogens with one attached hydrogen (secondary N) is 1. The summed E-state index contributed by atoms with van der Waals surface area (Å²) in [6, 6.07) is 7.97. The Kier molecular flexibility index (Phi) is 3.95. The van der Waals surface area contributed by atoms with E-state index in [0.717, 1.165) is 9.26 Å². The summed E-state index contributed by atoms with van der Waals surface area (Å²) in [5.41, 5.74) is 0.870. The molecule has 0 bridgehead atoms. The first kappa shape index (κ1) is 12.3. The first-order valence-corrected chi connectivity index (χ1v) is 6.11. The van der Waals surface area contributed by atoms with E-state index in [0.29, 0.717) is 5.95 Å². The zero-order valence-corrected chi connectivity index (χ0v) is 11.7. The van der Waals surface area contributed by atoms with Gasteiger partial charge in [-0.1, -0.05) is 0 Å². The SMILES string of the molecule is COc1nc(Cl)nc(Nc2ccc(I)cc2)n1. The van der Waals surface area contributed by atoms with Crippen LogP contribution in [0.25, 0.3) is 0 Å². The molecule has 0 aliphatic carbocycles. The molecule has 0 saturated heterocycles. The number of benzene rings is 1. The predicted molar refractivity (Wildman–Crippen MR) is 73.8 cm³/mol. The molecule has 5 nitrogen and oxygen atoms in total. The highest BCUT2D eigenvalue weighted by molar-refractivity contribution is 14.1. The Morgan fingerprint density at radius 2 is 1.88 bits per heavy atom. The average molecular weight is 363 g/mol. The molecule has 0 fully saturated rings. The number of hydrogen-bond acceptors (Lipinski definition) is 5. The van der Waals surface area contributed by atoms with Crippen LogP contribution in [0.2, 0.25) is 5.28 Å². The van der Waals surface area contributed by atoms with Crippen molar-refractivity contribution in [2.75, 3.05) is 12.4 Å². The van der Waals surface area contributed by atoms with Crippen LogP contribution in [-0.4, -0.2) is 22.1 Å². The van der Waals surface area contributed by atoms with Gasteiger partial charge in [0.15, 0.2) is 0 Å². The van der Waals surface area contributed by atoms with Gasteiger partial charge in [-0.2, -0.15) is 15.0 Å². The minimum atomic E-state index is 0.0878. The third kappa shape index (κ3) is 3.40. The number of aromatic nitrogens is 3. The van der Waals surface area contributed by atoms with Gasteiger partial charge in [0.25, 0.3) is 0 Å². The highest BCUT2D eigenvalue weighted by Gasteiger charge is 2.05. The van der Waals surface area contributed by atoms with Crippen molar-refractivity contribution in [1.29, 1.82) is 0 Å². The maximum absolute atomic E-state index is 5.74. The van der Waals surface area contributed by atoms with Crippen LogP contribution in [-0.2, 0) is 0 Å². The molecule has 1 N–H and O–H groups in total. The van der Waals surface area contributed by atoms with Gasteiger partial charge >= 0.3 is 6.01 Å². The van der Waals surface area contributed by atoms with Crippen molar-refractivity contribution in [3.63, 3.8) is 0 Å². The van der Waals surface area contributed by atoms with Crippen molar-refractivity contribution in [3.8, 4) is 6.01 Å². The molecule has 7 heteroatoms. The molecule has 0 atom stereocenters. The Balaban J connectivity index is 2.23. The predicted octanol–water partition coefficient (Wildman–Crippen LogP) is 2.88. The Hall–Kier alpha value is -1.15. The number of hydrogen-bond donors (Lipinski definition) is 1. The first-order valence-electron chi connectivity index (χ1n) is 4.65. The maximum Gasteiger partial charge on any atom is 0.322 e. The average Bonchev–Trinajstić information content (AvgIpc) is 2.31. The molecule has 2 rings (SSSR count). The van der Waals surface area contributed by atoms with Crippen molar-refractivity contribution in [1.82, 2.24) is 15.0 Å². The van der Waals surface area contributed by atoms with E-state index < -0.39 is 0 Å². The minimum Gasteiger partial charge on any atom is -0.467 e. The summed E-state index contributed by atoms with van der Waals surface area (Å²) < 4.78 is 6.06. The lowest BCUT2D eigenvalue weighted by Crippen LogP contribution is -2.01. The first-order chi connectivity index (χ1) is 8.17. The van der Waals surface area contributed by atoms with Gasteiger partial charge in [-0.05, 0) is 58.5 Å². The molecular formula is C10H8ClIN4O. The third-order valence-corrected chi connectivity index (χ3v) is 2.76. The monoisotopic (exact) mass is 362 g/mol. The van der Waals surface area contributed by atoms with Gasteiger partial charge < -0.3 is 10.1 Å². The standard InChI is InChI=1S/C10H8ClIN4O/c1-17-10-15-8(11)14-9(16-10)13-7-4-2-6(12)3-5-7/h2-5H,1H3,(H,13,14,15,16). The van der Waals surface area contributed by atoms with Crippen LogP contribution in [0, 0.1) is 3.57 Å². The van der Waals surface area contributed by atoms with Crippen LogP contribution in [0.1, 0.15) is 0 Å². The van der Waals surface area contributed by atoms with Gasteiger partial charge in [0.1, 0.15) is 0 Å². The van der Waals surface area contributed by atoms with Gasteiger partial charge in [0.05, 0.1) is 7.11 Å². The normalized spacial score (nSPS) is 10.1. The lowest BCUT2D eigenvalue weighted by Gasteiger charge is -2.05. The fourth-order valence-corrected chi connectivity index (χ4v) is 1.65. The van der Waals surface area contributed by atoms with E-state index in [4.69, 9.17) is 16.3 Å². The highest BCUT2D eigenvalue weighted by Crippen LogP contribution is 2.17. The summed E-state index contributed by atoms with van der Waals surface area (Å²) in [4.78, 5) is 11.8. The maximum atomic E-state index is 5.74. The molecule has 0 radical (unpaired) electrons. The summed E-state index contributed by atoms with van der Waals surface area (Å²) in [6.07, 6.45) is 0. The summed E-state index contributed by atoms with van der Waals surface area (Å²) in [5.74, 6) is 0.350. The summed E-state index contributed by atoms with van der Waals surface area (Å²) in [7, 11) is 1.47. The number of ether oxygens (including phenoxy) is 1. The summed E-state index contributed by atoms with van der Waals surface area (Å²) in [5, 5.41) is 3.10. The van der Waals surface area contributed by atoms with Gasteiger partial charge in [0.2, 0.25) is 11.2 Å². The zero-order valence-electron chi connectivity index (χ0n) is 8.82. The van der Waals surface area contributed by atoms with Crippen molar-refractivity contribution in [2.45, 2.75) is 0 Å². The lowest BCUT2D eigenvalue weighted by molar-refractivity contribution is 0.379. The second-order valence-corrected chi connectivity index (χ2v) is 4.63. The van der Waals surface area contributed by atoms with Crippen LogP contribution in [0.4, 0.5) is 11.6 Å². The molecule has 1 heterocycles. The molecule has 0 saturated carbocycles. The van der Waals surface area contributed by atoms with Crippen LogP contribution in [0.15, 0.2) is 24.3 Å². The molecule has 0 unspecified atom stereocenters. The molecule has 1 aromatic heterocycles. The van der Waals surface area contributed by atoms with Crippen LogP contribution in [0.3, 0.4) is 0 Å². The molecule has 2 aromatic rings. The van der Waals surface area contributed by atoms with Gasteiger partial charge in [-0.15, -0.1) is 0 Å². The lowest BCUT2D eigenvalue weighted by atomic mass is 10.3. The minimum absolute atomic E-state index is 0.0878. The zero-order chi connectivity index (χ0) is 12.3. The highest BCUT2D eigenvalue weighted by atomic mass is 127. The van der Waals surface area contributed by atoms with E-state index in [1.54, 1.807) is 0 Å². The van der Waals surface area contributed by atoms with Gasteiger partial charge in [-0.3, -0.25) is 0 Å². The van der Waals surface area contributed by atoms with Crippen LogP contribution >= 0.6 is 34.2 Å². The second kappa shape index (κ2) is 5.46. The molecular weight excluding hydrogens is 354 g/mol. The summed E-state index contributed by atoms with van der Waals surface area (Å²) in [6.45, 7) is 0. The van der Waals surface area contributed by atoms with Crippen molar-refractivity contribution in [3.05, 3.63) is 33.1 Å². The summed E-state index contributed by atoms with van der Waals surface area (Å²) >= 11 is 7.97. The number of methoxy groups -OCH3 is 1. The van der Waals surface area contributed by atoms with Crippen molar-refractivity contribution < 1.29 is 4.74 Å². The third-order valence-electron chi connectivity index (χ3n) is 1.87. The van der Waals surface area contributed by atoms with Crippen molar-refractivity contribution in [2.24, 2.45) is 0 Å². The van der Waals surface area contributed by atoms with E-state index >= 15 is 0 Å². The topological polar surface area (TPSA) is 59.9 Å². The van der Waals surface area contributed by atoms with Gasteiger partial charge in [0, 0.05) is 9.26 Å². The number of rotatable bonds is 3. The van der Waals surface area contributed by atoms with E-state index in [1.807, 2.05) is 24.3 Å². The molecule has 0 spiro atoms. The second-order valence-electron chi connectivity index (χ2n) is 3.05. The fourth-order valence-electron chi connectivity index (χ4n) is 1.14. The Morgan fingerprint density at radius 1 is 1.18 bits per heavy atom. The number of nitrogens with zero attached hydrogens (tertiary/aromatic N) is 3. The van der Waals surface area contributed by atoms with E-state index in [9.17, 15) is 0 Å². The van der Waals surface area contributed by atoms with Crippen molar-refractivity contribution >= 4 is 45.8 Å². The number of anilines is 2. The van der Waals surface area contributed by atoms with Crippen LogP contribution in [0.5, 0.6) is 6.01 Å². The molecule has 0 aliphatic heterocycles. The van der Waals surface area contributed by atoms with Gasteiger partial charge in [-0.25, -0.2) is 0 Å². The molecule has 17 heavy (non-hydrogen) atoms. The smallest absolute Gasteiger partial charge is 0.322 e. The Labute approximate surface area is 117 Å². The quantitative estimate of drug-likeness (QED) is 0.851.